The van der Waals surface area contributed by atoms with Crippen LogP contribution >= 0.6 is 0 Å². The van der Waals surface area contributed by atoms with Crippen molar-refractivity contribution < 1.29 is 13.9 Å². The van der Waals surface area contributed by atoms with Crippen molar-refractivity contribution >= 4 is 11.7 Å². The Morgan fingerprint density at radius 1 is 1.17 bits per heavy atom. The van der Waals surface area contributed by atoms with E-state index in [4.69, 9.17) is 9.15 Å². The van der Waals surface area contributed by atoms with Crippen molar-refractivity contribution in [2.45, 2.75) is 19.4 Å². The van der Waals surface area contributed by atoms with Gasteiger partial charge in [0.15, 0.2) is 11.6 Å². The van der Waals surface area contributed by atoms with Gasteiger partial charge in [-0.25, -0.2) is 0 Å². The molecule has 7 nitrogen and oxygen atoms in total. The van der Waals surface area contributed by atoms with Crippen molar-refractivity contribution in [3.05, 3.63) is 60.4 Å². The van der Waals surface area contributed by atoms with Crippen molar-refractivity contribution in [3.63, 3.8) is 0 Å². The number of benzene rings is 1. The fraction of sp³-hybridized carbons (Fsp3) is 0.318. The van der Waals surface area contributed by atoms with Crippen LogP contribution < -0.4 is 15.0 Å². The highest BCUT2D eigenvalue weighted by atomic mass is 16.5. The second-order valence-corrected chi connectivity index (χ2v) is 7.08. The molecular weight excluding hydrogens is 368 g/mol. The summed E-state index contributed by atoms with van der Waals surface area (Å²) in [7, 11) is 1.64. The van der Waals surface area contributed by atoms with E-state index in [1.807, 2.05) is 48.5 Å². The fourth-order valence-electron chi connectivity index (χ4n) is 3.54. The van der Waals surface area contributed by atoms with Crippen LogP contribution in [0.15, 0.2) is 59.2 Å². The molecule has 0 spiro atoms. The minimum absolute atomic E-state index is 0.0206. The third kappa shape index (κ3) is 4.56. The predicted octanol–water partition coefficient (Wildman–Crippen LogP) is 3.28. The zero-order chi connectivity index (χ0) is 20.1. The van der Waals surface area contributed by atoms with Gasteiger partial charge < -0.3 is 19.4 Å². The van der Waals surface area contributed by atoms with Gasteiger partial charge >= 0.3 is 0 Å². The maximum atomic E-state index is 12.5. The van der Waals surface area contributed by atoms with Gasteiger partial charge in [-0.1, -0.05) is 12.1 Å². The second-order valence-electron chi connectivity index (χ2n) is 7.08. The van der Waals surface area contributed by atoms with Crippen molar-refractivity contribution in [3.8, 4) is 17.2 Å². The van der Waals surface area contributed by atoms with Crippen LogP contribution in [-0.4, -0.2) is 36.3 Å². The SMILES string of the molecule is COc1cccc(CNC(=O)C2CCN(c3ccc(-c4ccco4)nn3)CC2)c1. The Morgan fingerprint density at radius 2 is 2.03 bits per heavy atom. The molecule has 3 aromatic rings. The molecule has 2 aromatic heterocycles. The van der Waals surface area contributed by atoms with Gasteiger partial charge in [0.05, 0.1) is 13.4 Å². The van der Waals surface area contributed by atoms with E-state index >= 15 is 0 Å². The molecule has 1 aliphatic rings. The van der Waals surface area contributed by atoms with Gasteiger partial charge in [-0.2, -0.15) is 0 Å². The highest BCUT2D eigenvalue weighted by Gasteiger charge is 2.25. The normalized spacial score (nSPS) is 14.6. The Morgan fingerprint density at radius 3 is 2.72 bits per heavy atom. The quantitative estimate of drug-likeness (QED) is 0.693. The molecule has 1 saturated heterocycles. The van der Waals surface area contributed by atoms with Crippen molar-refractivity contribution in [1.29, 1.82) is 0 Å². The maximum absolute atomic E-state index is 12.5. The van der Waals surface area contributed by atoms with E-state index in [-0.39, 0.29) is 11.8 Å². The summed E-state index contributed by atoms with van der Waals surface area (Å²) in [6.07, 6.45) is 3.21. The number of carbonyl (C=O) groups is 1. The first-order chi connectivity index (χ1) is 14.2. The lowest BCUT2D eigenvalue weighted by atomic mass is 9.96. The third-order valence-electron chi connectivity index (χ3n) is 5.21. The zero-order valence-electron chi connectivity index (χ0n) is 16.4. The van der Waals surface area contributed by atoms with Gasteiger partial charge in [-0.05, 0) is 54.8 Å². The number of methoxy groups -OCH3 is 1. The lowest BCUT2D eigenvalue weighted by Gasteiger charge is -2.31. The minimum Gasteiger partial charge on any atom is -0.497 e. The summed E-state index contributed by atoms with van der Waals surface area (Å²) >= 11 is 0. The molecule has 4 rings (SSSR count). The van der Waals surface area contributed by atoms with E-state index < -0.39 is 0 Å². The van der Waals surface area contributed by atoms with E-state index in [0.29, 0.717) is 18.0 Å². The first kappa shape index (κ1) is 19.0. The summed E-state index contributed by atoms with van der Waals surface area (Å²) in [5, 5.41) is 11.6. The van der Waals surface area contributed by atoms with E-state index in [1.54, 1.807) is 13.4 Å². The Bertz CT molecular complexity index is 933. The van der Waals surface area contributed by atoms with Crippen LogP contribution in [0.5, 0.6) is 5.75 Å². The predicted molar refractivity (Wildman–Crippen MR) is 110 cm³/mol. The van der Waals surface area contributed by atoms with Crippen LogP contribution in [-0.2, 0) is 11.3 Å². The molecule has 1 aromatic carbocycles. The largest absolute Gasteiger partial charge is 0.497 e. The molecule has 0 bridgehead atoms. The van der Waals surface area contributed by atoms with E-state index in [9.17, 15) is 4.79 Å². The highest BCUT2D eigenvalue weighted by Crippen LogP contribution is 2.24. The molecular formula is C22H24N4O3. The number of nitrogens with one attached hydrogen (secondary N) is 1. The molecule has 0 unspecified atom stereocenters. The van der Waals surface area contributed by atoms with Crippen LogP contribution in [0.4, 0.5) is 5.82 Å². The average molecular weight is 392 g/mol. The number of aromatic nitrogens is 2. The van der Waals surface area contributed by atoms with Crippen LogP contribution in [0.25, 0.3) is 11.5 Å². The standard InChI is InChI=1S/C22H24N4O3/c1-28-18-5-2-4-16(14-18)15-23-22(27)17-9-11-26(12-10-17)21-8-7-19(24-25-21)20-6-3-13-29-20/h2-8,13-14,17H,9-12,15H2,1H3,(H,23,27). The summed E-state index contributed by atoms with van der Waals surface area (Å²) < 4.78 is 10.6. The molecule has 0 radical (unpaired) electrons. The van der Waals surface area contributed by atoms with Crippen molar-refractivity contribution in [2.75, 3.05) is 25.1 Å². The van der Waals surface area contributed by atoms with Gasteiger partial charge in [0.25, 0.3) is 0 Å². The molecule has 1 aliphatic heterocycles. The summed E-state index contributed by atoms with van der Waals surface area (Å²) in [6, 6.07) is 15.3. The number of hydrogen-bond acceptors (Lipinski definition) is 6. The molecule has 7 heteroatoms. The number of rotatable bonds is 6. The Labute approximate surface area is 169 Å². The van der Waals surface area contributed by atoms with Crippen LogP contribution in [0, 0.1) is 5.92 Å². The number of nitrogens with zero attached hydrogens (tertiary/aromatic N) is 3. The summed E-state index contributed by atoms with van der Waals surface area (Å²) in [5.74, 6) is 2.45. The smallest absolute Gasteiger partial charge is 0.223 e. The molecule has 150 valence electrons. The Hall–Kier alpha value is -3.35. The summed E-state index contributed by atoms with van der Waals surface area (Å²) in [5.41, 5.74) is 1.74. The summed E-state index contributed by atoms with van der Waals surface area (Å²) in [6.45, 7) is 2.08. The van der Waals surface area contributed by atoms with Crippen LogP contribution in [0.1, 0.15) is 18.4 Å². The summed E-state index contributed by atoms with van der Waals surface area (Å²) in [4.78, 5) is 14.7. The minimum atomic E-state index is 0.0206. The average Bonchev–Trinajstić information content (AvgIpc) is 3.33. The number of amides is 1. The van der Waals surface area contributed by atoms with Gasteiger partial charge in [-0.15, -0.1) is 10.2 Å². The number of piperidine rings is 1. The molecule has 29 heavy (non-hydrogen) atoms. The number of furan rings is 1. The first-order valence-electron chi connectivity index (χ1n) is 9.76. The molecule has 3 heterocycles. The first-order valence-corrected chi connectivity index (χ1v) is 9.76. The second kappa shape index (κ2) is 8.77. The monoisotopic (exact) mass is 392 g/mol. The number of carbonyl (C=O) groups excluding carboxylic acids is 1. The molecule has 0 saturated carbocycles. The van der Waals surface area contributed by atoms with E-state index in [0.717, 1.165) is 43.1 Å². The van der Waals surface area contributed by atoms with Gasteiger partial charge in [0.2, 0.25) is 5.91 Å². The van der Waals surface area contributed by atoms with Crippen LogP contribution in [0.3, 0.4) is 0 Å². The Balaban J connectivity index is 1.28. The van der Waals surface area contributed by atoms with Crippen molar-refractivity contribution in [2.24, 2.45) is 5.92 Å². The third-order valence-corrected chi connectivity index (χ3v) is 5.21. The van der Waals surface area contributed by atoms with Gasteiger partial charge in [-0.3, -0.25) is 4.79 Å². The molecule has 0 aliphatic carbocycles. The molecule has 1 fully saturated rings. The fourth-order valence-corrected chi connectivity index (χ4v) is 3.54. The molecule has 1 N–H and O–H groups in total. The van der Waals surface area contributed by atoms with Gasteiger partial charge in [0.1, 0.15) is 11.4 Å². The molecule has 1 amide bonds. The number of hydrogen-bond donors (Lipinski definition) is 1. The van der Waals surface area contributed by atoms with Crippen molar-refractivity contribution in [1.82, 2.24) is 15.5 Å². The topological polar surface area (TPSA) is 80.5 Å². The van der Waals surface area contributed by atoms with Crippen LogP contribution in [0.2, 0.25) is 0 Å². The Kier molecular flexibility index (Phi) is 5.74. The molecule has 0 atom stereocenters. The lowest BCUT2D eigenvalue weighted by molar-refractivity contribution is -0.125. The van der Waals surface area contributed by atoms with Gasteiger partial charge in [0, 0.05) is 25.6 Å². The number of anilines is 1. The maximum Gasteiger partial charge on any atom is 0.223 e. The zero-order valence-corrected chi connectivity index (χ0v) is 16.4. The highest BCUT2D eigenvalue weighted by molar-refractivity contribution is 5.79. The number of ether oxygens (including phenoxy) is 1. The van der Waals surface area contributed by atoms with E-state index in [2.05, 4.69) is 20.4 Å². The van der Waals surface area contributed by atoms with E-state index in [1.165, 1.54) is 0 Å². The lowest BCUT2D eigenvalue weighted by Crippen LogP contribution is -2.40.